The Bertz CT molecular complexity index is 874. The molecule has 5 heterocycles. The summed E-state index contributed by atoms with van der Waals surface area (Å²) in [5, 5.41) is 15.9. The van der Waals surface area contributed by atoms with Crippen molar-refractivity contribution in [3.05, 3.63) is 23.8 Å². The number of hydrogen-bond donors (Lipinski definition) is 2. The van der Waals surface area contributed by atoms with Gasteiger partial charge in [0, 0.05) is 24.4 Å². The van der Waals surface area contributed by atoms with Crippen molar-refractivity contribution in [1.82, 2.24) is 5.32 Å². The quantitative estimate of drug-likeness (QED) is 0.766. The van der Waals surface area contributed by atoms with Crippen LogP contribution in [-0.4, -0.2) is 61.4 Å². The maximum absolute atomic E-state index is 13.6. The van der Waals surface area contributed by atoms with Crippen LogP contribution in [0.5, 0.6) is 5.75 Å². The van der Waals surface area contributed by atoms with Gasteiger partial charge < -0.3 is 14.6 Å². The fourth-order valence-corrected chi connectivity index (χ4v) is 5.88. The van der Waals surface area contributed by atoms with Crippen LogP contribution in [0, 0.1) is 5.92 Å². The van der Waals surface area contributed by atoms with E-state index >= 15 is 0 Å². The summed E-state index contributed by atoms with van der Waals surface area (Å²) in [6, 6.07) is 5.29. The first-order valence-corrected chi connectivity index (χ1v) is 9.63. The van der Waals surface area contributed by atoms with Gasteiger partial charge in [-0.1, -0.05) is 13.0 Å². The predicted molar refractivity (Wildman–Crippen MR) is 98.0 cm³/mol. The first-order chi connectivity index (χ1) is 13.4. The summed E-state index contributed by atoms with van der Waals surface area (Å²) < 4.78 is 11.4. The lowest BCUT2D eigenvalue weighted by Gasteiger charge is -2.58. The number of benzene rings is 1. The highest BCUT2D eigenvalue weighted by Crippen LogP contribution is 2.59. The van der Waals surface area contributed by atoms with Crippen molar-refractivity contribution in [1.29, 1.82) is 0 Å². The number of hydrogen-bond acceptors (Lipinski definition) is 7. The minimum atomic E-state index is -1.12. The van der Waals surface area contributed by atoms with Crippen LogP contribution in [0.3, 0.4) is 0 Å². The molecule has 6 unspecified atom stereocenters. The average molecular weight is 388 g/mol. The van der Waals surface area contributed by atoms with Crippen molar-refractivity contribution < 1.29 is 29.0 Å². The number of carbonyl (C=O) groups excluding carboxylic acids is 2. The standard InChI is InChI=1S/C20H24N2O6/c1-4-15(23)20-12-9-28-17(16(20)24)19(8-13(12)21-20)11-6-5-10(26-2)7-14(11)22(27-3)18(19)25/h5-7,12-13,16-17,21,24H,4,8-9H2,1-3H3. The molecule has 2 N–H and O–H groups in total. The number of anilines is 1. The van der Waals surface area contributed by atoms with Crippen LogP contribution in [-0.2, 0) is 24.6 Å². The highest BCUT2D eigenvalue weighted by Gasteiger charge is 2.75. The predicted octanol–water partition coefficient (Wildman–Crippen LogP) is 0.310. The number of aliphatic hydroxyl groups excluding tert-OH is 1. The molecule has 1 amide bonds. The molecule has 1 aromatic rings. The lowest BCUT2D eigenvalue weighted by atomic mass is 9.64. The number of ether oxygens (including phenoxy) is 2. The molecule has 150 valence electrons. The molecule has 5 aliphatic heterocycles. The number of methoxy groups -OCH3 is 1. The molecule has 6 rings (SSSR count). The van der Waals surface area contributed by atoms with Gasteiger partial charge in [0.15, 0.2) is 5.78 Å². The molecule has 4 bridgehead atoms. The molecule has 1 aromatic carbocycles. The van der Waals surface area contributed by atoms with Gasteiger partial charge in [0.1, 0.15) is 28.9 Å². The van der Waals surface area contributed by atoms with Crippen molar-refractivity contribution in [2.45, 2.75) is 49.0 Å². The number of carbonyl (C=O) groups is 2. The summed E-state index contributed by atoms with van der Waals surface area (Å²) in [6.45, 7) is 2.14. The summed E-state index contributed by atoms with van der Waals surface area (Å²) in [4.78, 5) is 31.8. The molecule has 1 spiro atoms. The second kappa shape index (κ2) is 5.76. The number of nitrogens with zero attached hydrogens (tertiary/aromatic N) is 1. The molecule has 0 aliphatic carbocycles. The molecule has 0 radical (unpaired) electrons. The van der Waals surface area contributed by atoms with Gasteiger partial charge in [0.05, 0.1) is 26.5 Å². The van der Waals surface area contributed by atoms with Gasteiger partial charge in [0.2, 0.25) is 0 Å². The lowest BCUT2D eigenvalue weighted by molar-refractivity contribution is -0.197. The zero-order chi connectivity index (χ0) is 19.8. The molecule has 8 heteroatoms. The number of amides is 1. The Morgan fingerprint density at radius 3 is 2.89 bits per heavy atom. The Hall–Kier alpha value is -2.00. The summed E-state index contributed by atoms with van der Waals surface area (Å²) in [7, 11) is 3.00. The monoisotopic (exact) mass is 388 g/mol. The van der Waals surface area contributed by atoms with Gasteiger partial charge in [-0.3, -0.25) is 19.7 Å². The van der Waals surface area contributed by atoms with Crippen LogP contribution in [0.15, 0.2) is 18.2 Å². The van der Waals surface area contributed by atoms with Crippen LogP contribution < -0.4 is 15.1 Å². The van der Waals surface area contributed by atoms with Crippen molar-refractivity contribution >= 4 is 17.4 Å². The molecular formula is C20H24N2O6. The minimum absolute atomic E-state index is 0.0319. The highest BCUT2D eigenvalue weighted by molar-refractivity contribution is 6.08. The summed E-state index contributed by atoms with van der Waals surface area (Å²) in [6.07, 6.45) is -1.19. The van der Waals surface area contributed by atoms with E-state index in [1.54, 1.807) is 26.2 Å². The number of aliphatic hydroxyl groups is 1. The molecular weight excluding hydrogens is 364 g/mol. The molecule has 0 saturated carbocycles. The van der Waals surface area contributed by atoms with Gasteiger partial charge in [0.25, 0.3) is 5.91 Å². The van der Waals surface area contributed by atoms with E-state index < -0.39 is 23.2 Å². The van der Waals surface area contributed by atoms with Crippen molar-refractivity contribution in [2.24, 2.45) is 5.92 Å². The number of nitrogens with one attached hydrogen (secondary N) is 1. The molecule has 8 nitrogen and oxygen atoms in total. The number of fused-ring (bicyclic) bond motifs is 2. The van der Waals surface area contributed by atoms with Crippen LogP contribution in [0.25, 0.3) is 0 Å². The van der Waals surface area contributed by atoms with Crippen LogP contribution in [0.1, 0.15) is 25.3 Å². The lowest BCUT2D eigenvalue weighted by Crippen LogP contribution is -2.82. The number of rotatable bonds is 4. The Kier molecular flexibility index (Phi) is 3.71. The molecule has 5 aliphatic rings. The fraction of sp³-hybridized carbons (Fsp3) is 0.600. The summed E-state index contributed by atoms with van der Waals surface area (Å²) in [5.41, 5.74) is -0.825. The van der Waals surface area contributed by atoms with E-state index in [0.717, 1.165) is 5.56 Å². The average Bonchev–Trinajstić information content (AvgIpc) is 2.79. The molecule has 28 heavy (non-hydrogen) atoms. The third kappa shape index (κ3) is 1.80. The third-order valence-electron chi connectivity index (χ3n) is 7.17. The van der Waals surface area contributed by atoms with Gasteiger partial charge >= 0.3 is 0 Å². The second-order valence-electron chi connectivity index (χ2n) is 8.04. The first-order valence-electron chi connectivity index (χ1n) is 9.63. The second-order valence-corrected chi connectivity index (χ2v) is 8.04. The van der Waals surface area contributed by atoms with E-state index in [-0.39, 0.29) is 23.7 Å². The highest BCUT2D eigenvalue weighted by atomic mass is 16.7. The third-order valence-corrected chi connectivity index (χ3v) is 7.17. The Balaban J connectivity index is 1.70. The van der Waals surface area contributed by atoms with E-state index in [0.29, 0.717) is 30.9 Å². The van der Waals surface area contributed by atoms with E-state index in [2.05, 4.69) is 5.32 Å². The molecule has 6 atom stereocenters. The Morgan fingerprint density at radius 2 is 2.21 bits per heavy atom. The fourth-order valence-electron chi connectivity index (χ4n) is 5.88. The zero-order valence-corrected chi connectivity index (χ0v) is 16.1. The zero-order valence-electron chi connectivity index (χ0n) is 16.1. The summed E-state index contributed by atoms with van der Waals surface area (Å²) >= 11 is 0. The van der Waals surface area contributed by atoms with Gasteiger partial charge in [-0.15, -0.1) is 0 Å². The Morgan fingerprint density at radius 1 is 1.43 bits per heavy atom. The van der Waals surface area contributed by atoms with Crippen LogP contribution in [0.4, 0.5) is 5.69 Å². The van der Waals surface area contributed by atoms with E-state index in [4.69, 9.17) is 14.3 Å². The Labute approximate surface area is 162 Å². The SMILES string of the molecule is CCC(=O)C12NC3CC4(C(=O)N(OC)c5cc(OC)ccc54)C(OCC31)C2O. The largest absolute Gasteiger partial charge is 0.497 e. The van der Waals surface area contributed by atoms with Gasteiger partial charge in [-0.2, -0.15) is 5.06 Å². The van der Waals surface area contributed by atoms with Gasteiger partial charge in [-0.25, -0.2) is 0 Å². The normalized spacial score (nSPS) is 40.3. The van der Waals surface area contributed by atoms with Gasteiger partial charge in [-0.05, 0) is 18.1 Å². The number of Topliss-reactive ketones (excluding diaryl/α,β-unsaturated/α-hetero) is 1. The van der Waals surface area contributed by atoms with Crippen molar-refractivity contribution in [3.8, 4) is 5.75 Å². The molecule has 0 aromatic heterocycles. The van der Waals surface area contributed by atoms with Crippen LogP contribution in [0.2, 0.25) is 0 Å². The summed E-state index contributed by atoms with van der Waals surface area (Å²) in [5.74, 6) is 0.147. The van der Waals surface area contributed by atoms with Crippen molar-refractivity contribution in [3.63, 3.8) is 0 Å². The maximum Gasteiger partial charge on any atom is 0.264 e. The molecule has 4 saturated heterocycles. The van der Waals surface area contributed by atoms with E-state index in [1.165, 1.54) is 12.2 Å². The number of hydroxylamine groups is 1. The number of ketones is 1. The minimum Gasteiger partial charge on any atom is -0.497 e. The van der Waals surface area contributed by atoms with Crippen molar-refractivity contribution in [2.75, 3.05) is 25.9 Å². The van der Waals surface area contributed by atoms with E-state index in [9.17, 15) is 14.7 Å². The topological polar surface area (TPSA) is 97.3 Å². The van der Waals surface area contributed by atoms with Crippen LogP contribution >= 0.6 is 0 Å². The first kappa shape index (κ1) is 18.1. The maximum atomic E-state index is 13.6. The smallest absolute Gasteiger partial charge is 0.264 e. The van der Waals surface area contributed by atoms with E-state index in [1.807, 2.05) is 6.07 Å². The molecule has 4 fully saturated rings.